The maximum Gasteiger partial charge on any atom is 0.261 e. The van der Waals surface area contributed by atoms with Gasteiger partial charge in [-0.1, -0.05) is 17.7 Å². The van der Waals surface area contributed by atoms with Gasteiger partial charge in [-0.05, 0) is 86.7 Å². The molecule has 0 fully saturated rings. The Bertz CT molecular complexity index is 1160. The Kier molecular flexibility index (Phi) is 6.49. The lowest BCUT2D eigenvalue weighted by atomic mass is 10.1. The molecule has 0 amide bonds. The van der Waals surface area contributed by atoms with Crippen molar-refractivity contribution in [2.45, 2.75) is 18.7 Å². The smallest absolute Gasteiger partial charge is 0.261 e. The maximum atomic E-state index is 12.5. The summed E-state index contributed by atoms with van der Waals surface area (Å²) in [6, 6.07) is 20.4. The molecule has 0 aromatic heterocycles. The number of carbonyl (C=O) groups is 1. The average molecular weight is 440 g/mol. The molecule has 0 radical (unpaired) electrons. The van der Waals surface area contributed by atoms with E-state index in [2.05, 4.69) is 15.4 Å². The Morgan fingerprint density at radius 3 is 1.73 bits per heavy atom. The standard InChI is InChI=1S/C22H21N3O3S2/c1-15-3-13-21(14-4-15)30(27,28)25-20-11-9-19(10-12-20)24-22(29)23-18-7-5-17(6-8-18)16(2)26/h3-14,25H,1-2H3,(H2,23,24,29). The molecule has 0 aliphatic heterocycles. The van der Waals surface area contributed by atoms with Gasteiger partial charge in [-0.3, -0.25) is 9.52 Å². The van der Waals surface area contributed by atoms with E-state index in [0.29, 0.717) is 22.1 Å². The molecular formula is C22H21N3O3S2. The summed E-state index contributed by atoms with van der Waals surface area (Å²) in [4.78, 5) is 11.5. The monoisotopic (exact) mass is 439 g/mol. The Hall–Kier alpha value is -3.23. The van der Waals surface area contributed by atoms with Gasteiger partial charge in [0.1, 0.15) is 0 Å². The molecule has 0 aliphatic rings. The van der Waals surface area contributed by atoms with Crippen molar-refractivity contribution in [2.75, 3.05) is 15.4 Å². The molecule has 0 saturated carbocycles. The minimum Gasteiger partial charge on any atom is -0.332 e. The number of hydrogen-bond donors (Lipinski definition) is 3. The third-order valence-electron chi connectivity index (χ3n) is 4.28. The highest BCUT2D eigenvalue weighted by Gasteiger charge is 2.13. The highest BCUT2D eigenvalue weighted by molar-refractivity contribution is 7.92. The number of carbonyl (C=O) groups excluding carboxylic acids is 1. The van der Waals surface area contributed by atoms with E-state index in [4.69, 9.17) is 12.2 Å². The van der Waals surface area contributed by atoms with Gasteiger partial charge in [0.15, 0.2) is 10.9 Å². The summed E-state index contributed by atoms with van der Waals surface area (Å²) in [5, 5.41) is 6.44. The van der Waals surface area contributed by atoms with E-state index in [0.717, 1.165) is 11.3 Å². The molecule has 0 heterocycles. The fourth-order valence-electron chi connectivity index (χ4n) is 2.63. The van der Waals surface area contributed by atoms with Crippen LogP contribution in [0.2, 0.25) is 0 Å². The van der Waals surface area contributed by atoms with Gasteiger partial charge in [-0.15, -0.1) is 0 Å². The van der Waals surface area contributed by atoms with Crippen LogP contribution in [0.15, 0.2) is 77.7 Å². The fourth-order valence-corrected chi connectivity index (χ4v) is 3.93. The van der Waals surface area contributed by atoms with Crippen LogP contribution < -0.4 is 15.4 Å². The second-order valence-corrected chi connectivity index (χ2v) is 8.80. The van der Waals surface area contributed by atoms with Crippen LogP contribution in [-0.2, 0) is 10.0 Å². The Morgan fingerprint density at radius 2 is 1.23 bits per heavy atom. The second-order valence-electron chi connectivity index (χ2n) is 6.71. The summed E-state index contributed by atoms with van der Waals surface area (Å²) >= 11 is 5.30. The molecule has 30 heavy (non-hydrogen) atoms. The lowest BCUT2D eigenvalue weighted by Gasteiger charge is -2.12. The van der Waals surface area contributed by atoms with Crippen LogP contribution in [0.25, 0.3) is 0 Å². The molecule has 0 unspecified atom stereocenters. The van der Waals surface area contributed by atoms with E-state index < -0.39 is 10.0 Å². The van der Waals surface area contributed by atoms with Crippen molar-refractivity contribution in [1.82, 2.24) is 0 Å². The predicted octanol–water partition coefficient (Wildman–Crippen LogP) is 4.81. The van der Waals surface area contributed by atoms with Crippen molar-refractivity contribution in [1.29, 1.82) is 0 Å². The van der Waals surface area contributed by atoms with E-state index in [1.807, 2.05) is 6.92 Å². The first-order valence-electron chi connectivity index (χ1n) is 9.11. The van der Waals surface area contributed by atoms with Crippen LogP contribution in [0.3, 0.4) is 0 Å². The van der Waals surface area contributed by atoms with E-state index in [1.165, 1.54) is 6.92 Å². The van der Waals surface area contributed by atoms with Gasteiger partial charge in [0.2, 0.25) is 0 Å². The lowest BCUT2D eigenvalue weighted by Crippen LogP contribution is -2.19. The quantitative estimate of drug-likeness (QED) is 0.377. The van der Waals surface area contributed by atoms with Gasteiger partial charge in [0.05, 0.1) is 4.90 Å². The number of aryl methyl sites for hydroxylation is 1. The van der Waals surface area contributed by atoms with E-state index in [-0.39, 0.29) is 10.7 Å². The Morgan fingerprint density at radius 1 is 0.767 bits per heavy atom. The molecule has 3 N–H and O–H groups in total. The molecule has 6 nitrogen and oxygen atoms in total. The summed E-state index contributed by atoms with van der Waals surface area (Å²) in [5.74, 6) is 0.000318. The molecule has 8 heteroatoms. The number of ketones is 1. The number of Topliss-reactive ketones (excluding diaryl/α,β-unsaturated/α-hetero) is 1. The summed E-state index contributed by atoms with van der Waals surface area (Å²) in [6.45, 7) is 3.41. The molecule has 0 bridgehead atoms. The highest BCUT2D eigenvalue weighted by Crippen LogP contribution is 2.19. The topological polar surface area (TPSA) is 87.3 Å². The van der Waals surface area contributed by atoms with Crippen LogP contribution in [0.5, 0.6) is 0 Å². The summed E-state index contributed by atoms with van der Waals surface area (Å²) < 4.78 is 27.5. The van der Waals surface area contributed by atoms with Crippen LogP contribution in [-0.4, -0.2) is 19.3 Å². The minimum atomic E-state index is -3.65. The molecule has 3 rings (SSSR count). The van der Waals surface area contributed by atoms with Gasteiger partial charge < -0.3 is 10.6 Å². The summed E-state index contributed by atoms with van der Waals surface area (Å²) in [6.07, 6.45) is 0. The minimum absolute atomic E-state index is 0.000318. The summed E-state index contributed by atoms with van der Waals surface area (Å²) in [7, 11) is -3.65. The Balaban J connectivity index is 1.60. The van der Waals surface area contributed by atoms with Crippen LogP contribution in [0, 0.1) is 6.92 Å². The third-order valence-corrected chi connectivity index (χ3v) is 5.88. The third kappa shape index (κ3) is 5.65. The summed E-state index contributed by atoms with van der Waals surface area (Å²) in [5.41, 5.74) is 3.51. The first-order chi connectivity index (χ1) is 14.2. The van der Waals surface area contributed by atoms with Crippen molar-refractivity contribution in [3.05, 3.63) is 83.9 Å². The predicted molar refractivity (Wildman–Crippen MR) is 125 cm³/mol. The maximum absolute atomic E-state index is 12.5. The molecule has 154 valence electrons. The zero-order valence-electron chi connectivity index (χ0n) is 16.5. The highest BCUT2D eigenvalue weighted by atomic mass is 32.2. The molecule has 3 aromatic rings. The lowest BCUT2D eigenvalue weighted by molar-refractivity contribution is 0.101. The van der Waals surface area contributed by atoms with E-state index in [1.54, 1.807) is 72.8 Å². The largest absolute Gasteiger partial charge is 0.332 e. The number of nitrogens with one attached hydrogen (secondary N) is 3. The average Bonchev–Trinajstić information content (AvgIpc) is 2.70. The van der Waals surface area contributed by atoms with Gasteiger partial charge in [-0.2, -0.15) is 0 Å². The SMILES string of the molecule is CC(=O)c1ccc(NC(=S)Nc2ccc(NS(=O)(=O)c3ccc(C)cc3)cc2)cc1. The first-order valence-corrected chi connectivity index (χ1v) is 11.0. The number of hydrogen-bond acceptors (Lipinski definition) is 4. The van der Waals surface area contributed by atoms with Gasteiger partial charge >= 0.3 is 0 Å². The number of rotatable bonds is 6. The van der Waals surface area contributed by atoms with Gasteiger partial charge in [-0.25, -0.2) is 8.42 Å². The van der Waals surface area contributed by atoms with Crippen LogP contribution in [0.4, 0.5) is 17.1 Å². The number of sulfonamides is 1. The van der Waals surface area contributed by atoms with Crippen LogP contribution in [0.1, 0.15) is 22.8 Å². The zero-order valence-corrected chi connectivity index (χ0v) is 18.1. The first kappa shape index (κ1) is 21.5. The molecule has 0 saturated heterocycles. The molecule has 0 atom stereocenters. The van der Waals surface area contributed by atoms with E-state index >= 15 is 0 Å². The Labute approximate surface area is 181 Å². The molecule has 3 aromatic carbocycles. The fraction of sp³-hybridized carbons (Fsp3) is 0.0909. The van der Waals surface area contributed by atoms with Crippen molar-refractivity contribution in [3.8, 4) is 0 Å². The van der Waals surface area contributed by atoms with Crippen molar-refractivity contribution in [3.63, 3.8) is 0 Å². The number of anilines is 3. The van der Waals surface area contributed by atoms with Crippen molar-refractivity contribution in [2.24, 2.45) is 0 Å². The second kappa shape index (κ2) is 9.06. The van der Waals surface area contributed by atoms with E-state index in [9.17, 15) is 13.2 Å². The molecular weight excluding hydrogens is 418 g/mol. The molecule has 0 spiro atoms. The van der Waals surface area contributed by atoms with Crippen LogP contribution >= 0.6 is 12.2 Å². The molecule has 0 aliphatic carbocycles. The van der Waals surface area contributed by atoms with Crippen molar-refractivity contribution >= 4 is 50.2 Å². The number of benzene rings is 3. The number of thiocarbonyl (C=S) groups is 1. The van der Waals surface area contributed by atoms with Gasteiger partial charge in [0.25, 0.3) is 10.0 Å². The zero-order chi connectivity index (χ0) is 21.7. The van der Waals surface area contributed by atoms with Gasteiger partial charge in [0, 0.05) is 22.6 Å². The van der Waals surface area contributed by atoms with Crippen molar-refractivity contribution < 1.29 is 13.2 Å². The normalized spacial score (nSPS) is 10.9.